The third-order valence-electron chi connectivity index (χ3n) is 2.97. The number of carbonyl (C=O) groups is 1. The van der Waals surface area contributed by atoms with Gasteiger partial charge in [0.2, 0.25) is 0 Å². The third-order valence-corrected chi connectivity index (χ3v) is 3.45. The molecule has 2 heteroatoms. The first kappa shape index (κ1) is 11.7. The molecule has 1 saturated carbocycles. The van der Waals surface area contributed by atoms with Gasteiger partial charge in [-0.15, -0.1) is 11.6 Å². The summed E-state index contributed by atoms with van der Waals surface area (Å²) in [4.78, 5) is 12.1. The Morgan fingerprint density at radius 2 is 2.00 bits per heavy atom. The van der Waals surface area contributed by atoms with Crippen molar-refractivity contribution in [3.63, 3.8) is 0 Å². The fourth-order valence-corrected chi connectivity index (χ4v) is 2.19. The predicted molar refractivity (Wildman–Crippen MR) is 67.2 cm³/mol. The van der Waals surface area contributed by atoms with Gasteiger partial charge < -0.3 is 0 Å². The summed E-state index contributed by atoms with van der Waals surface area (Å²) in [6.45, 7) is 5.84. The maximum absolute atomic E-state index is 12.1. The largest absolute Gasteiger partial charge is 0.294 e. The molecule has 0 bridgehead atoms. The summed E-state index contributed by atoms with van der Waals surface area (Å²) in [6, 6.07) is 7.91. The molecule has 2 rings (SSSR count). The number of carbonyl (C=O) groups excluding carboxylic acids is 1. The van der Waals surface area contributed by atoms with Crippen LogP contribution in [0, 0.1) is 5.41 Å². The van der Waals surface area contributed by atoms with Crippen LogP contribution in [0.4, 0.5) is 0 Å². The molecule has 1 nitrogen and oxygen atoms in total. The summed E-state index contributed by atoms with van der Waals surface area (Å²) in [7, 11) is 0. The van der Waals surface area contributed by atoms with E-state index < -0.39 is 0 Å². The number of hydrogen-bond acceptors (Lipinski definition) is 1. The van der Waals surface area contributed by atoms with Gasteiger partial charge in [-0.3, -0.25) is 4.79 Å². The van der Waals surface area contributed by atoms with Gasteiger partial charge in [0.1, 0.15) is 0 Å². The van der Waals surface area contributed by atoms with E-state index in [0.29, 0.717) is 5.92 Å². The van der Waals surface area contributed by atoms with Gasteiger partial charge >= 0.3 is 0 Å². The summed E-state index contributed by atoms with van der Waals surface area (Å²) in [5.41, 5.74) is 1.69. The maximum Gasteiger partial charge on any atom is 0.168 e. The van der Waals surface area contributed by atoms with Crippen molar-refractivity contribution < 1.29 is 4.79 Å². The monoisotopic (exact) mass is 236 g/mol. The molecule has 0 spiro atoms. The van der Waals surface area contributed by atoms with Crippen LogP contribution in [0.3, 0.4) is 0 Å². The molecular formula is C14H17ClO. The van der Waals surface area contributed by atoms with Gasteiger partial charge in [-0.1, -0.05) is 39.0 Å². The lowest BCUT2D eigenvalue weighted by Crippen LogP contribution is -2.20. The Morgan fingerprint density at radius 3 is 2.50 bits per heavy atom. The van der Waals surface area contributed by atoms with Crippen molar-refractivity contribution in [2.24, 2.45) is 5.41 Å². The number of hydrogen-bond donors (Lipinski definition) is 0. The second-order valence-corrected chi connectivity index (χ2v) is 6.12. The Morgan fingerprint density at radius 1 is 1.38 bits per heavy atom. The molecule has 1 aliphatic carbocycles. The van der Waals surface area contributed by atoms with Crippen molar-refractivity contribution in [3.8, 4) is 0 Å². The highest BCUT2D eigenvalue weighted by atomic mass is 35.5. The number of ketones is 1. The molecular weight excluding hydrogens is 220 g/mol. The fraction of sp³-hybridized carbons (Fsp3) is 0.500. The molecule has 0 saturated heterocycles. The zero-order valence-corrected chi connectivity index (χ0v) is 10.7. The van der Waals surface area contributed by atoms with Crippen molar-refractivity contribution in [3.05, 3.63) is 35.4 Å². The minimum absolute atomic E-state index is 0.195. The van der Waals surface area contributed by atoms with E-state index in [2.05, 4.69) is 6.07 Å². The van der Waals surface area contributed by atoms with Crippen LogP contribution in [0.5, 0.6) is 0 Å². The smallest absolute Gasteiger partial charge is 0.168 e. The third kappa shape index (κ3) is 2.30. The first-order valence-corrected chi connectivity index (χ1v) is 6.12. The van der Waals surface area contributed by atoms with Crippen molar-refractivity contribution in [2.75, 3.05) is 0 Å². The van der Waals surface area contributed by atoms with E-state index in [0.717, 1.165) is 12.0 Å². The summed E-state index contributed by atoms with van der Waals surface area (Å²) in [5.74, 6) is 0.649. The van der Waals surface area contributed by atoms with Crippen LogP contribution in [0.25, 0.3) is 0 Å². The minimum atomic E-state index is -0.317. The zero-order valence-electron chi connectivity index (χ0n) is 9.96. The molecule has 1 aromatic rings. The minimum Gasteiger partial charge on any atom is -0.294 e. The van der Waals surface area contributed by atoms with Crippen LogP contribution >= 0.6 is 11.6 Å². The van der Waals surface area contributed by atoms with E-state index in [1.54, 1.807) is 0 Å². The van der Waals surface area contributed by atoms with E-state index >= 15 is 0 Å². The van der Waals surface area contributed by atoms with Crippen LogP contribution in [-0.2, 0) is 0 Å². The first-order chi connectivity index (χ1) is 7.39. The summed E-state index contributed by atoms with van der Waals surface area (Å²) in [5, 5.41) is 0.264. The van der Waals surface area contributed by atoms with Gasteiger partial charge in [0, 0.05) is 22.3 Å². The van der Waals surface area contributed by atoms with E-state index in [9.17, 15) is 4.79 Å². The number of benzene rings is 1. The Hall–Kier alpha value is -0.820. The molecule has 0 heterocycles. The Bertz CT molecular complexity index is 417. The molecule has 2 atom stereocenters. The van der Waals surface area contributed by atoms with E-state index in [4.69, 9.17) is 11.6 Å². The van der Waals surface area contributed by atoms with Gasteiger partial charge in [-0.25, -0.2) is 0 Å². The second-order valence-electron chi connectivity index (χ2n) is 5.56. The van der Waals surface area contributed by atoms with Gasteiger partial charge in [-0.05, 0) is 18.1 Å². The highest BCUT2D eigenvalue weighted by Crippen LogP contribution is 2.45. The maximum atomic E-state index is 12.1. The Kier molecular flexibility index (Phi) is 2.83. The Balaban J connectivity index is 2.26. The van der Waals surface area contributed by atoms with Crippen molar-refractivity contribution in [1.29, 1.82) is 0 Å². The first-order valence-electron chi connectivity index (χ1n) is 5.68. The SMILES string of the molecule is CC(C)(C)C(=O)c1cccc(C2CC2Cl)c1. The van der Waals surface area contributed by atoms with Gasteiger partial charge in [0.15, 0.2) is 5.78 Å². The average Bonchev–Trinajstić information content (AvgIpc) is 2.93. The fourth-order valence-electron chi connectivity index (χ4n) is 1.85. The molecule has 0 amide bonds. The molecule has 2 unspecified atom stereocenters. The van der Waals surface area contributed by atoms with Crippen LogP contribution in [0.2, 0.25) is 0 Å². The van der Waals surface area contributed by atoms with Gasteiger partial charge in [-0.2, -0.15) is 0 Å². The van der Waals surface area contributed by atoms with Crippen LogP contribution in [0.15, 0.2) is 24.3 Å². The summed E-state index contributed by atoms with van der Waals surface area (Å²) < 4.78 is 0. The topological polar surface area (TPSA) is 17.1 Å². The molecule has 1 fully saturated rings. The molecule has 0 aliphatic heterocycles. The molecule has 86 valence electrons. The van der Waals surface area contributed by atoms with Crippen LogP contribution in [0.1, 0.15) is 49.0 Å². The molecule has 1 aromatic carbocycles. The van der Waals surface area contributed by atoms with Gasteiger partial charge in [0.05, 0.1) is 0 Å². The van der Waals surface area contributed by atoms with Crippen molar-refractivity contribution >= 4 is 17.4 Å². The van der Waals surface area contributed by atoms with E-state index in [1.807, 2.05) is 39.0 Å². The number of halogens is 1. The zero-order chi connectivity index (χ0) is 11.9. The number of Topliss-reactive ketones (excluding diaryl/α,β-unsaturated/α-hetero) is 1. The number of alkyl halides is 1. The molecule has 0 aromatic heterocycles. The van der Waals surface area contributed by atoms with E-state index in [-0.39, 0.29) is 16.6 Å². The van der Waals surface area contributed by atoms with Gasteiger partial charge in [0.25, 0.3) is 0 Å². The summed E-state index contributed by atoms with van der Waals surface area (Å²) >= 11 is 6.02. The summed E-state index contributed by atoms with van der Waals surface area (Å²) in [6.07, 6.45) is 1.04. The van der Waals surface area contributed by atoms with Crippen molar-refractivity contribution in [2.45, 2.75) is 38.5 Å². The van der Waals surface area contributed by atoms with Crippen LogP contribution < -0.4 is 0 Å². The lowest BCUT2D eigenvalue weighted by Gasteiger charge is -2.17. The normalized spacial score (nSPS) is 24.2. The van der Waals surface area contributed by atoms with Crippen LogP contribution in [-0.4, -0.2) is 11.2 Å². The lowest BCUT2D eigenvalue weighted by atomic mass is 9.86. The Labute approximate surface area is 102 Å². The van der Waals surface area contributed by atoms with Crippen molar-refractivity contribution in [1.82, 2.24) is 0 Å². The van der Waals surface area contributed by atoms with E-state index in [1.165, 1.54) is 5.56 Å². The second kappa shape index (κ2) is 3.89. The molecule has 0 N–H and O–H groups in total. The molecule has 0 radical (unpaired) electrons. The lowest BCUT2D eigenvalue weighted by molar-refractivity contribution is 0.0858. The molecule has 16 heavy (non-hydrogen) atoms. The molecule has 1 aliphatic rings. The highest BCUT2D eigenvalue weighted by molar-refractivity contribution is 6.23. The number of rotatable bonds is 2. The standard InChI is InChI=1S/C14H17ClO/c1-14(2,3)13(16)10-6-4-5-9(7-10)11-8-12(11)15/h4-7,11-12H,8H2,1-3H3. The highest BCUT2D eigenvalue weighted by Gasteiger charge is 2.36. The quantitative estimate of drug-likeness (QED) is 0.560. The predicted octanol–water partition coefficient (Wildman–Crippen LogP) is 4.01. The average molecular weight is 237 g/mol.